The van der Waals surface area contributed by atoms with Crippen molar-refractivity contribution >= 4 is 44.4 Å². The lowest BCUT2D eigenvalue weighted by Crippen LogP contribution is -1.87. The van der Waals surface area contributed by atoms with Crippen molar-refractivity contribution in [2.45, 2.75) is 77.6 Å². The third-order valence-corrected chi connectivity index (χ3v) is 6.12. The van der Waals surface area contributed by atoms with Crippen LogP contribution in [0.15, 0.2) is 36.4 Å². The van der Waals surface area contributed by atoms with Crippen LogP contribution in [0.5, 0.6) is 0 Å². The number of nitrogens with one attached hydrogen (secondary N) is 1. The van der Waals surface area contributed by atoms with Gasteiger partial charge in [-0.3, -0.25) is 0 Å². The van der Waals surface area contributed by atoms with E-state index in [1.165, 1.54) is 102 Å². The molecule has 0 saturated carbocycles. The minimum absolute atomic E-state index is 1.21. The molecular weight excluding hydrogens is 429 g/mol. The van der Waals surface area contributed by atoms with Crippen LogP contribution in [0.3, 0.4) is 0 Å². The number of rotatable bonds is 11. The van der Waals surface area contributed by atoms with Gasteiger partial charge in [-0.25, -0.2) is 0 Å². The second-order valence-electron chi connectivity index (χ2n) is 7.63. The van der Waals surface area contributed by atoms with Gasteiger partial charge >= 0.3 is 0 Å². The van der Waals surface area contributed by atoms with Gasteiger partial charge in [0.2, 0.25) is 0 Å². The average molecular weight is 461 g/mol. The zero-order valence-electron chi connectivity index (χ0n) is 16.1. The highest BCUT2D eigenvalue weighted by atomic mass is 127. The predicted octanol–water partition coefficient (Wildman–Crippen LogP) is 8.39. The largest absolute Gasteiger partial charge is 0.355 e. The maximum atomic E-state index is 3.54. The van der Waals surface area contributed by atoms with Gasteiger partial charge in [0.05, 0.1) is 0 Å². The van der Waals surface area contributed by atoms with E-state index >= 15 is 0 Å². The van der Waals surface area contributed by atoms with Crippen LogP contribution in [-0.2, 0) is 6.42 Å². The van der Waals surface area contributed by atoms with Gasteiger partial charge in [-0.15, -0.1) is 0 Å². The smallest absolute Gasteiger partial charge is 0.0465 e. The Balaban J connectivity index is 1.43. The van der Waals surface area contributed by atoms with E-state index in [0.29, 0.717) is 0 Å². The summed E-state index contributed by atoms with van der Waals surface area (Å²) in [6.07, 6.45) is 15.3. The summed E-state index contributed by atoms with van der Waals surface area (Å²) in [5, 5.41) is 2.74. The van der Waals surface area contributed by atoms with Crippen LogP contribution >= 0.6 is 22.6 Å². The first kappa shape index (κ1) is 19.7. The van der Waals surface area contributed by atoms with Gasteiger partial charge in [0.25, 0.3) is 0 Å². The Labute approximate surface area is 172 Å². The van der Waals surface area contributed by atoms with Crippen molar-refractivity contribution < 1.29 is 0 Å². The van der Waals surface area contributed by atoms with Gasteiger partial charge in [0.15, 0.2) is 0 Å². The van der Waals surface area contributed by atoms with Crippen molar-refractivity contribution in [3.63, 3.8) is 0 Å². The summed E-state index contributed by atoms with van der Waals surface area (Å²) in [4.78, 5) is 3.54. The summed E-state index contributed by atoms with van der Waals surface area (Å²) >= 11 is 2.40. The Morgan fingerprint density at radius 2 is 1.27 bits per heavy atom. The number of halogens is 1. The fourth-order valence-corrected chi connectivity index (χ4v) is 4.38. The molecule has 0 aliphatic heterocycles. The molecule has 0 fully saturated rings. The second kappa shape index (κ2) is 10.3. The van der Waals surface area contributed by atoms with Crippen molar-refractivity contribution in [1.82, 2.24) is 4.98 Å². The number of unbranched alkanes of at least 4 members (excludes halogenated alkanes) is 9. The number of fused-ring (bicyclic) bond motifs is 3. The third-order valence-electron chi connectivity index (χ3n) is 5.44. The standard InChI is InChI=1S/C24H32IN/c1-2-3-4-5-6-7-8-9-10-11-12-19-13-15-23-21(17-19)22-18-20(25)14-16-24(22)26-23/h13-18,26H,2-12H2,1H3. The SMILES string of the molecule is CCCCCCCCCCCCc1ccc2[nH]c3ccc(I)cc3c2c1. The van der Waals surface area contributed by atoms with Gasteiger partial charge in [0.1, 0.15) is 0 Å². The third kappa shape index (κ3) is 5.48. The molecule has 3 rings (SSSR count). The Kier molecular flexibility index (Phi) is 7.85. The lowest BCUT2D eigenvalue weighted by molar-refractivity contribution is 0.556. The van der Waals surface area contributed by atoms with E-state index in [1.807, 2.05) is 0 Å². The highest BCUT2D eigenvalue weighted by Crippen LogP contribution is 2.28. The van der Waals surface area contributed by atoms with Crippen LogP contribution in [0, 0.1) is 3.57 Å². The molecule has 0 spiro atoms. The van der Waals surface area contributed by atoms with Crippen LogP contribution in [0.4, 0.5) is 0 Å². The normalized spacial score (nSPS) is 11.6. The topological polar surface area (TPSA) is 15.8 Å². The zero-order chi connectivity index (χ0) is 18.2. The van der Waals surface area contributed by atoms with Crippen molar-refractivity contribution in [3.8, 4) is 0 Å². The van der Waals surface area contributed by atoms with E-state index in [2.05, 4.69) is 70.9 Å². The molecule has 1 N–H and O–H groups in total. The number of H-pyrrole nitrogens is 1. The van der Waals surface area contributed by atoms with E-state index in [0.717, 1.165) is 0 Å². The lowest BCUT2D eigenvalue weighted by Gasteiger charge is -2.04. The molecule has 26 heavy (non-hydrogen) atoms. The molecule has 2 aromatic carbocycles. The molecule has 0 bridgehead atoms. The number of aryl methyl sites for hydroxylation is 1. The highest BCUT2D eigenvalue weighted by Gasteiger charge is 2.05. The quantitative estimate of drug-likeness (QED) is 0.218. The van der Waals surface area contributed by atoms with Gasteiger partial charge in [-0.1, -0.05) is 70.8 Å². The van der Waals surface area contributed by atoms with Crippen molar-refractivity contribution in [2.24, 2.45) is 0 Å². The van der Waals surface area contributed by atoms with Gasteiger partial charge < -0.3 is 4.98 Å². The number of hydrogen-bond acceptors (Lipinski definition) is 0. The zero-order valence-corrected chi connectivity index (χ0v) is 18.3. The minimum Gasteiger partial charge on any atom is -0.355 e. The molecule has 2 heteroatoms. The monoisotopic (exact) mass is 461 g/mol. The molecule has 1 heterocycles. The van der Waals surface area contributed by atoms with Gasteiger partial charge in [-0.05, 0) is 71.3 Å². The van der Waals surface area contributed by atoms with E-state index in [4.69, 9.17) is 0 Å². The van der Waals surface area contributed by atoms with E-state index in [-0.39, 0.29) is 0 Å². The summed E-state index contributed by atoms with van der Waals surface area (Å²) in [7, 11) is 0. The molecule has 0 aliphatic rings. The number of benzene rings is 2. The molecular formula is C24H32IN. The van der Waals surface area contributed by atoms with Crippen LogP contribution < -0.4 is 0 Å². The summed E-state index contributed by atoms with van der Waals surface area (Å²) in [5.74, 6) is 0. The van der Waals surface area contributed by atoms with Crippen LogP contribution in [0.2, 0.25) is 0 Å². The Morgan fingerprint density at radius 1 is 0.692 bits per heavy atom. The fraction of sp³-hybridized carbons (Fsp3) is 0.500. The Morgan fingerprint density at radius 3 is 1.96 bits per heavy atom. The first-order valence-electron chi connectivity index (χ1n) is 10.5. The summed E-state index contributed by atoms with van der Waals surface area (Å²) in [6.45, 7) is 2.29. The molecule has 0 amide bonds. The molecule has 1 aromatic heterocycles. The van der Waals surface area contributed by atoms with Crippen LogP contribution in [0.1, 0.15) is 76.7 Å². The summed E-state index contributed by atoms with van der Waals surface area (Å²) in [6, 6.07) is 13.6. The molecule has 0 unspecified atom stereocenters. The second-order valence-corrected chi connectivity index (χ2v) is 8.87. The maximum absolute atomic E-state index is 3.54. The minimum atomic E-state index is 1.21. The van der Waals surface area contributed by atoms with Gasteiger partial charge in [-0.2, -0.15) is 0 Å². The summed E-state index contributed by atoms with van der Waals surface area (Å²) < 4.78 is 1.30. The Hall–Kier alpha value is -1.03. The average Bonchev–Trinajstić information content (AvgIpc) is 3.00. The van der Waals surface area contributed by atoms with E-state index < -0.39 is 0 Å². The van der Waals surface area contributed by atoms with Crippen molar-refractivity contribution in [3.05, 3.63) is 45.5 Å². The number of hydrogen-bond donors (Lipinski definition) is 1. The highest BCUT2D eigenvalue weighted by molar-refractivity contribution is 14.1. The molecule has 1 nitrogen and oxygen atoms in total. The molecule has 0 atom stereocenters. The van der Waals surface area contributed by atoms with Crippen molar-refractivity contribution in [1.29, 1.82) is 0 Å². The van der Waals surface area contributed by atoms with Gasteiger partial charge in [0, 0.05) is 25.4 Å². The van der Waals surface area contributed by atoms with Crippen molar-refractivity contribution in [2.75, 3.05) is 0 Å². The Bertz CT molecular complexity index is 818. The first-order chi connectivity index (χ1) is 12.8. The van der Waals surface area contributed by atoms with E-state index in [1.54, 1.807) is 0 Å². The predicted molar refractivity (Wildman–Crippen MR) is 124 cm³/mol. The molecule has 3 aromatic rings. The molecule has 140 valence electrons. The maximum Gasteiger partial charge on any atom is 0.0465 e. The van der Waals surface area contributed by atoms with Crippen LogP contribution in [0.25, 0.3) is 21.8 Å². The molecule has 0 saturated heterocycles. The van der Waals surface area contributed by atoms with E-state index in [9.17, 15) is 0 Å². The first-order valence-corrected chi connectivity index (χ1v) is 11.6. The van der Waals surface area contributed by atoms with Crippen LogP contribution in [-0.4, -0.2) is 4.98 Å². The lowest BCUT2D eigenvalue weighted by atomic mass is 10.0. The number of aromatic nitrogens is 1. The molecule has 0 radical (unpaired) electrons. The summed E-state index contributed by atoms with van der Waals surface area (Å²) in [5.41, 5.74) is 3.99. The number of aromatic amines is 1. The fourth-order valence-electron chi connectivity index (χ4n) is 3.89. The molecule has 0 aliphatic carbocycles.